The van der Waals surface area contributed by atoms with Gasteiger partial charge >= 0.3 is 0 Å². The van der Waals surface area contributed by atoms with Gasteiger partial charge in [0.15, 0.2) is 0 Å². The summed E-state index contributed by atoms with van der Waals surface area (Å²) in [4.78, 5) is 0. The van der Waals surface area contributed by atoms with Crippen molar-refractivity contribution in [1.29, 1.82) is 0 Å². The van der Waals surface area contributed by atoms with E-state index >= 15 is 0 Å². The van der Waals surface area contributed by atoms with Crippen molar-refractivity contribution in [2.24, 2.45) is 0 Å². The number of nitrogens with zero attached hydrogens (tertiary/aromatic N) is 1. The average Bonchev–Trinajstić information content (AvgIpc) is 3.00. The third kappa shape index (κ3) is 3.80. The number of fused-ring (bicyclic) bond motifs is 1. The highest BCUT2D eigenvalue weighted by atomic mass is 16.5. The van der Waals surface area contributed by atoms with E-state index in [2.05, 4.69) is 80.1 Å². The molecule has 0 saturated carbocycles. The highest BCUT2D eigenvalue weighted by Gasteiger charge is 2.25. The topological polar surface area (TPSA) is 34.4 Å². The van der Waals surface area contributed by atoms with Crippen LogP contribution in [0.2, 0.25) is 0 Å². The standard InChI is InChI=1S/C24H29NO2/c1-24(2,3)18-10-8-17(9-11-18)15-25-16-21(20-6-4-5-7-22(20)25)23-14-19(26)12-13-27-23/h4-11,16,19,23,26H,12-15H2,1-3H3. The molecule has 1 N–H and O–H groups in total. The van der Waals surface area contributed by atoms with E-state index < -0.39 is 0 Å². The van der Waals surface area contributed by atoms with Gasteiger partial charge in [0.1, 0.15) is 0 Å². The average molecular weight is 364 g/mol. The first-order valence-electron chi connectivity index (χ1n) is 9.88. The molecule has 1 aliphatic heterocycles. The van der Waals surface area contributed by atoms with Crippen LogP contribution in [-0.4, -0.2) is 22.4 Å². The maximum Gasteiger partial charge on any atom is 0.0870 e. The lowest BCUT2D eigenvalue weighted by molar-refractivity contribution is -0.0442. The second-order valence-corrected chi connectivity index (χ2v) is 8.71. The number of rotatable bonds is 3. The van der Waals surface area contributed by atoms with Crippen molar-refractivity contribution in [3.05, 3.63) is 71.4 Å². The summed E-state index contributed by atoms with van der Waals surface area (Å²) in [5.74, 6) is 0. The molecular formula is C24H29NO2. The van der Waals surface area contributed by atoms with Gasteiger partial charge in [-0.15, -0.1) is 0 Å². The molecule has 0 bridgehead atoms. The maximum atomic E-state index is 10.1. The first-order chi connectivity index (χ1) is 12.9. The van der Waals surface area contributed by atoms with Crippen LogP contribution in [0.1, 0.15) is 56.4 Å². The number of benzene rings is 2. The van der Waals surface area contributed by atoms with Gasteiger partial charge in [-0.05, 0) is 29.0 Å². The summed E-state index contributed by atoms with van der Waals surface area (Å²) in [6.45, 7) is 8.19. The zero-order valence-corrected chi connectivity index (χ0v) is 16.5. The number of hydrogen-bond donors (Lipinski definition) is 1. The molecule has 1 saturated heterocycles. The van der Waals surface area contributed by atoms with E-state index in [1.165, 1.54) is 27.6 Å². The zero-order chi connectivity index (χ0) is 19.0. The molecule has 2 heterocycles. The molecule has 2 aromatic carbocycles. The largest absolute Gasteiger partial charge is 0.393 e. The van der Waals surface area contributed by atoms with Crippen molar-refractivity contribution in [2.45, 2.75) is 57.8 Å². The summed E-state index contributed by atoms with van der Waals surface area (Å²) in [6.07, 6.45) is 3.33. The van der Waals surface area contributed by atoms with Gasteiger partial charge in [-0.3, -0.25) is 0 Å². The van der Waals surface area contributed by atoms with Gasteiger partial charge in [-0.1, -0.05) is 63.2 Å². The summed E-state index contributed by atoms with van der Waals surface area (Å²) < 4.78 is 8.29. The SMILES string of the molecule is CC(C)(C)c1ccc(Cn2cc(C3CC(O)CCO3)c3ccccc32)cc1. The molecule has 3 heteroatoms. The molecule has 1 aliphatic rings. The fourth-order valence-corrected chi connectivity index (χ4v) is 3.97. The molecule has 2 unspecified atom stereocenters. The summed E-state index contributed by atoms with van der Waals surface area (Å²) in [5, 5.41) is 11.3. The van der Waals surface area contributed by atoms with Crippen molar-refractivity contribution in [3.8, 4) is 0 Å². The normalized spacial score (nSPS) is 20.9. The van der Waals surface area contributed by atoms with Gasteiger partial charge in [0.05, 0.1) is 12.2 Å². The molecule has 1 fully saturated rings. The fraction of sp³-hybridized carbons (Fsp3) is 0.417. The number of hydrogen-bond acceptors (Lipinski definition) is 2. The summed E-state index contributed by atoms with van der Waals surface area (Å²) in [7, 11) is 0. The summed E-state index contributed by atoms with van der Waals surface area (Å²) in [5.41, 5.74) is 5.23. The van der Waals surface area contributed by atoms with Crippen LogP contribution in [-0.2, 0) is 16.7 Å². The van der Waals surface area contributed by atoms with Gasteiger partial charge in [0.25, 0.3) is 0 Å². The van der Waals surface area contributed by atoms with Gasteiger partial charge in [-0.2, -0.15) is 0 Å². The van der Waals surface area contributed by atoms with Crippen LogP contribution in [0.3, 0.4) is 0 Å². The van der Waals surface area contributed by atoms with E-state index in [1.54, 1.807) is 0 Å². The minimum atomic E-state index is -0.268. The highest BCUT2D eigenvalue weighted by molar-refractivity contribution is 5.84. The van der Waals surface area contributed by atoms with Crippen LogP contribution < -0.4 is 0 Å². The Kier molecular flexibility index (Phi) is 4.83. The van der Waals surface area contributed by atoms with Crippen molar-refractivity contribution in [3.63, 3.8) is 0 Å². The second-order valence-electron chi connectivity index (χ2n) is 8.71. The van der Waals surface area contributed by atoms with Crippen molar-refractivity contribution < 1.29 is 9.84 Å². The van der Waals surface area contributed by atoms with E-state index in [-0.39, 0.29) is 17.6 Å². The second kappa shape index (κ2) is 7.14. The molecule has 0 spiro atoms. The van der Waals surface area contributed by atoms with E-state index in [0.29, 0.717) is 13.0 Å². The predicted octanol–water partition coefficient (Wildman–Crippen LogP) is 5.20. The van der Waals surface area contributed by atoms with E-state index in [0.717, 1.165) is 13.0 Å². The molecule has 0 amide bonds. The Balaban J connectivity index is 1.66. The van der Waals surface area contributed by atoms with Gasteiger partial charge in [0.2, 0.25) is 0 Å². The third-order valence-corrected chi connectivity index (χ3v) is 5.60. The third-order valence-electron chi connectivity index (χ3n) is 5.60. The molecule has 3 nitrogen and oxygen atoms in total. The molecule has 3 aromatic rings. The first-order valence-corrected chi connectivity index (χ1v) is 9.88. The van der Waals surface area contributed by atoms with Crippen LogP contribution in [0.15, 0.2) is 54.7 Å². The minimum absolute atomic E-state index is 0.0248. The quantitative estimate of drug-likeness (QED) is 0.694. The molecule has 2 atom stereocenters. The lowest BCUT2D eigenvalue weighted by Crippen LogP contribution is -2.23. The molecule has 142 valence electrons. The fourth-order valence-electron chi connectivity index (χ4n) is 3.97. The molecule has 4 rings (SSSR count). The van der Waals surface area contributed by atoms with E-state index in [9.17, 15) is 5.11 Å². The van der Waals surface area contributed by atoms with Crippen molar-refractivity contribution in [1.82, 2.24) is 4.57 Å². The predicted molar refractivity (Wildman–Crippen MR) is 110 cm³/mol. The van der Waals surface area contributed by atoms with Crippen LogP contribution in [0.5, 0.6) is 0 Å². The van der Waals surface area contributed by atoms with Crippen LogP contribution in [0, 0.1) is 0 Å². The number of para-hydroxylation sites is 1. The Bertz CT molecular complexity index is 918. The summed E-state index contributed by atoms with van der Waals surface area (Å²) >= 11 is 0. The number of ether oxygens (including phenoxy) is 1. The Morgan fingerprint density at radius 1 is 1.07 bits per heavy atom. The summed E-state index contributed by atoms with van der Waals surface area (Å²) in [6, 6.07) is 17.4. The van der Waals surface area contributed by atoms with Gasteiger partial charge in [-0.25, -0.2) is 0 Å². The highest BCUT2D eigenvalue weighted by Crippen LogP contribution is 2.34. The Hall–Kier alpha value is -2.10. The van der Waals surface area contributed by atoms with Crippen molar-refractivity contribution in [2.75, 3.05) is 6.61 Å². The lowest BCUT2D eigenvalue weighted by atomic mass is 9.87. The first kappa shape index (κ1) is 18.3. The lowest BCUT2D eigenvalue weighted by Gasteiger charge is -2.26. The van der Waals surface area contributed by atoms with Crippen LogP contribution >= 0.6 is 0 Å². The Labute approximate surface area is 161 Å². The monoisotopic (exact) mass is 363 g/mol. The number of aliphatic hydroxyl groups excluding tert-OH is 1. The van der Waals surface area contributed by atoms with E-state index in [4.69, 9.17) is 4.74 Å². The van der Waals surface area contributed by atoms with Crippen LogP contribution in [0.25, 0.3) is 10.9 Å². The van der Waals surface area contributed by atoms with E-state index in [1.807, 2.05) is 0 Å². The zero-order valence-electron chi connectivity index (χ0n) is 16.5. The minimum Gasteiger partial charge on any atom is -0.393 e. The van der Waals surface area contributed by atoms with Crippen LogP contribution in [0.4, 0.5) is 0 Å². The number of aromatic nitrogens is 1. The molecule has 1 aromatic heterocycles. The maximum absolute atomic E-state index is 10.1. The van der Waals surface area contributed by atoms with Crippen molar-refractivity contribution >= 4 is 10.9 Å². The molecule has 0 radical (unpaired) electrons. The Morgan fingerprint density at radius 3 is 2.52 bits per heavy atom. The smallest absolute Gasteiger partial charge is 0.0870 e. The Morgan fingerprint density at radius 2 is 1.81 bits per heavy atom. The van der Waals surface area contributed by atoms with Gasteiger partial charge in [0, 0.05) is 42.2 Å². The van der Waals surface area contributed by atoms with Gasteiger partial charge < -0.3 is 14.4 Å². The number of aliphatic hydroxyl groups is 1. The molecule has 27 heavy (non-hydrogen) atoms. The molecular weight excluding hydrogens is 334 g/mol. The molecule has 0 aliphatic carbocycles.